The summed E-state index contributed by atoms with van der Waals surface area (Å²) in [6.07, 6.45) is -4.34. The number of nitrogens with zero attached hydrogens (tertiary/aromatic N) is 1. The first-order valence-electron chi connectivity index (χ1n) is 7.43. The van der Waals surface area contributed by atoms with Gasteiger partial charge in [0.25, 0.3) is 0 Å². The van der Waals surface area contributed by atoms with E-state index in [4.69, 9.17) is 5.11 Å². The summed E-state index contributed by atoms with van der Waals surface area (Å²) in [6.45, 7) is -1.35. The number of likely N-dealkylation sites (tertiary alicyclic amines) is 1. The third-order valence-corrected chi connectivity index (χ3v) is 5.12. The van der Waals surface area contributed by atoms with Gasteiger partial charge in [-0.3, -0.25) is 4.79 Å². The SMILES string of the molecule is O=C(O)C1CCN(C(=O)Nc2ccc(S(=O)(=O)NCC(F)(F)F)cc2)C1. The first kappa shape index (κ1) is 20.0. The van der Waals surface area contributed by atoms with Crippen LogP contribution in [0.2, 0.25) is 0 Å². The van der Waals surface area contributed by atoms with Gasteiger partial charge in [0.1, 0.15) is 6.54 Å². The van der Waals surface area contributed by atoms with Crippen molar-refractivity contribution in [3.8, 4) is 0 Å². The van der Waals surface area contributed by atoms with Crippen molar-refractivity contribution in [2.45, 2.75) is 17.5 Å². The van der Waals surface area contributed by atoms with Crippen molar-refractivity contribution in [3.63, 3.8) is 0 Å². The number of sulfonamides is 1. The van der Waals surface area contributed by atoms with Crippen LogP contribution >= 0.6 is 0 Å². The molecule has 26 heavy (non-hydrogen) atoms. The third-order valence-electron chi connectivity index (χ3n) is 3.70. The Balaban J connectivity index is 1.97. The third kappa shape index (κ3) is 5.33. The number of carbonyl (C=O) groups excluding carboxylic acids is 1. The highest BCUT2D eigenvalue weighted by Crippen LogP contribution is 2.20. The summed E-state index contributed by atoms with van der Waals surface area (Å²) in [6, 6.07) is 4.02. The zero-order valence-electron chi connectivity index (χ0n) is 13.3. The highest BCUT2D eigenvalue weighted by Gasteiger charge is 2.31. The fourth-order valence-electron chi connectivity index (χ4n) is 2.33. The molecule has 1 aliphatic rings. The Morgan fingerprint density at radius 1 is 1.23 bits per heavy atom. The van der Waals surface area contributed by atoms with E-state index in [1.54, 1.807) is 0 Å². The van der Waals surface area contributed by atoms with Gasteiger partial charge in [-0.15, -0.1) is 0 Å². The summed E-state index contributed by atoms with van der Waals surface area (Å²) in [4.78, 5) is 23.9. The molecular weight excluding hydrogens is 379 g/mol. The van der Waals surface area contributed by atoms with Gasteiger partial charge in [0.05, 0.1) is 10.8 Å². The zero-order valence-corrected chi connectivity index (χ0v) is 14.1. The van der Waals surface area contributed by atoms with Gasteiger partial charge in [0.15, 0.2) is 0 Å². The van der Waals surface area contributed by atoms with Crippen LogP contribution in [0, 0.1) is 5.92 Å². The van der Waals surface area contributed by atoms with Gasteiger partial charge in [0.2, 0.25) is 10.0 Å². The van der Waals surface area contributed by atoms with E-state index in [0.29, 0.717) is 6.42 Å². The molecule has 1 heterocycles. The Labute approximate surface area is 147 Å². The van der Waals surface area contributed by atoms with Crippen LogP contribution in [0.3, 0.4) is 0 Å². The number of hydrogen-bond donors (Lipinski definition) is 3. The average molecular weight is 395 g/mol. The lowest BCUT2D eigenvalue weighted by Gasteiger charge is -2.17. The smallest absolute Gasteiger partial charge is 0.402 e. The molecular formula is C14H16F3N3O5S. The highest BCUT2D eigenvalue weighted by molar-refractivity contribution is 7.89. The van der Waals surface area contributed by atoms with Crippen LogP contribution in [-0.2, 0) is 14.8 Å². The number of urea groups is 1. The number of amides is 2. The number of carboxylic acid groups (broad SMARTS) is 1. The Kier molecular flexibility index (Phi) is 5.76. The van der Waals surface area contributed by atoms with Crippen LogP contribution in [0.25, 0.3) is 0 Å². The number of rotatable bonds is 5. The molecule has 0 aliphatic carbocycles. The van der Waals surface area contributed by atoms with Crippen LogP contribution in [0.1, 0.15) is 6.42 Å². The second-order valence-electron chi connectivity index (χ2n) is 5.66. The average Bonchev–Trinajstić information content (AvgIpc) is 3.03. The van der Waals surface area contributed by atoms with Crippen LogP contribution in [0.4, 0.5) is 23.7 Å². The van der Waals surface area contributed by atoms with E-state index in [-0.39, 0.29) is 23.7 Å². The van der Waals surface area contributed by atoms with Crippen molar-refractivity contribution in [2.75, 3.05) is 25.0 Å². The predicted octanol–water partition coefficient (Wildman–Crippen LogP) is 1.47. The summed E-state index contributed by atoms with van der Waals surface area (Å²) in [5.41, 5.74) is 0.226. The number of nitrogens with one attached hydrogen (secondary N) is 2. The molecule has 1 saturated heterocycles. The summed E-state index contributed by atoms with van der Waals surface area (Å²) in [7, 11) is -4.33. The number of aliphatic carboxylic acids is 1. The number of benzene rings is 1. The number of halogens is 3. The van der Waals surface area contributed by atoms with Gasteiger partial charge < -0.3 is 15.3 Å². The Bertz CT molecular complexity index is 780. The number of carboxylic acids is 1. The summed E-state index contributed by atoms with van der Waals surface area (Å²) < 4.78 is 61.3. The van der Waals surface area contributed by atoms with E-state index >= 15 is 0 Å². The second kappa shape index (κ2) is 7.50. The lowest BCUT2D eigenvalue weighted by molar-refractivity contribution is -0.141. The van der Waals surface area contributed by atoms with Gasteiger partial charge in [-0.05, 0) is 30.7 Å². The largest absolute Gasteiger partial charge is 0.481 e. The normalized spacial score (nSPS) is 18.0. The van der Waals surface area contributed by atoms with E-state index in [1.165, 1.54) is 21.8 Å². The molecule has 0 radical (unpaired) electrons. The van der Waals surface area contributed by atoms with E-state index in [0.717, 1.165) is 12.1 Å². The molecule has 3 N–H and O–H groups in total. The molecule has 1 fully saturated rings. The first-order chi connectivity index (χ1) is 12.0. The van der Waals surface area contributed by atoms with E-state index in [1.807, 2.05) is 0 Å². The Morgan fingerprint density at radius 2 is 1.85 bits per heavy atom. The zero-order chi connectivity index (χ0) is 19.5. The molecule has 1 aliphatic heterocycles. The number of alkyl halides is 3. The molecule has 2 rings (SSSR count). The van der Waals surface area contributed by atoms with Gasteiger partial charge in [-0.2, -0.15) is 13.2 Å². The minimum Gasteiger partial charge on any atom is -0.481 e. The van der Waals surface area contributed by atoms with Crippen LogP contribution in [0.15, 0.2) is 29.2 Å². The van der Waals surface area contributed by atoms with Crippen molar-refractivity contribution in [1.29, 1.82) is 0 Å². The van der Waals surface area contributed by atoms with Gasteiger partial charge in [-0.25, -0.2) is 17.9 Å². The lowest BCUT2D eigenvalue weighted by atomic mass is 10.1. The molecule has 12 heteroatoms. The van der Waals surface area contributed by atoms with Crippen LogP contribution in [-0.4, -0.2) is 56.2 Å². The van der Waals surface area contributed by atoms with E-state index in [2.05, 4.69) is 5.32 Å². The fourth-order valence-corrected chi connectivity index (χ4v) is 3.34. The van der Waals surface area contributed by atoms with Crippen LogP contribution < -0.4 is 10.0 Å². The van der Waals surface area contributed by atoms with E-state index in [9.17, 15) is 31.2 Å². The lowest BCUT2D eigenvalue weighted by Crippen LogP contribution is -2.34. The number of carbonyl (C=O) groups is 2. The maximum Gasteiger partial charge on any atom is 0.402 e. The molecule has 1 aromatic rings. The molecule has 0 spiro atoms. The molecule has 0 saturated carbocycles. The molecule has 0 aromatic heterocycles. The molecule has 2 amide bonds. The predicted molar refractivity (Wildman–Crippen MR) is 84.0 cm³/mol. The van der Waals surface area contributed by atoms with Crippen molar-refractivity contribution in [3.05, 3.63) is 24.3 Å². The van der Waals surface area contributed by atoms with Crippen molar-refractivity contribution in [2.24, 2.45) is 5.92 Å². The maximum atomic E-state index is 12.1. The molecule has 8 nitrogen and oxygen atoms in total. The molecule has 1 atom stereocenters. The monoisotopic (exact) mass is 395 g/mol. The maximum absolute atomic E-state index is 12.1. The quantitative estimate of drug-likeness (QED) is 0.698. The number of anilines is 1. The number of hydrogen-bond acceptors (Lipinski definition) is 4. The topological polar surface area (TPSA) is 116 Å². The Morgan fingerprint density at radius 3 is 2.35 bits per heavy atom. The van der Waals surface area contributed by atoms with Gasteiger partial charge in [0, 0.05) is 18.8 Å². The molecule has 1 aromatic carbocycles. The summed E-state index contributed by atoms with van der Waals surface area (Å²) in [5.74, 6) is -1.62. The first-order valence-corrected chi connectivity index (χ1v) is 8.91. The summed E-state index contributed by atoms with van der Waals surface area (Å²) >= 11 is 0. The van der Waals surface area contributed by atoms with Crippen molar-refractivity contribution < 1.29 is 36.3 Å². The summed E-state index contributed by atoms with van der Waals surface area (Å²) in [5, 5.41) is 11.4. The molecule has 0 bridgehead atoms. The Hall–Kier alpha value is -2.34. The fraction of sp³-hybridized carbons (Fsp3) is 0.429. The molecule has 144 valence electrons. The second-order valence-corrected chi connectivity index (χ2v) is 7.43. The highest BCUT2D eigenvalue weighted by atomic mass is 32.2. The van der Waals surface area contributed by atoms with E-state index < -0.39 is 40.7 Å². The van der Waals surface area contributed by atoms with Crippen molar-refractivity contribution in [1.82, 2.24) is 9.62 Å². The minimum atomic E-state index is -4.68. The van der Waals surface area contributed by atoms with Crippen LogP contribution in [0.5, 0.6) is 0 Å². The molecule has 1 unspecified atom stereocenters. The van der Waals surface area contributed by atoms with Crippen molar-refractivity contribution >= 4 is 27.7 Å². The van der Waals surface area contributed by atoms with Gasteiger partial charge in [-0.1, -0.05) is 0 Å². The standard InChI is InChI=1S/C14H16F3N3O5S/c15-14(16,17)8-18-26(24,25)11-3-1-10(2-4-11)19-13(23)20-6-5-9(7-20)12(21)22/h1-4,9,18H,5-8H2,(H,19,23)(H,21,22). The van der Waals surface area contributed by atoms with Gasteiger partial charge >= 0.3 is 18.2 Å². The minimum absolute atomic E-state index is 0.0645.